The van der Waals surface area contributed by atoms with Crippen LogP contribution in [-0.2, 0) is 13.1 Å². The zero-order valence-electron chi connectivity index (χ0n) is 13.2. The molecule has 0 N–H and O–H groups in total. The van der Waals surface area contributed by atoms with Crippen molar-refractivity contribution in [1.82, 2.24) is 24.5 Å². The van der Waals surface area contributed by atoms with Gasteiger partial charge in [0.25, 0.3) is 11.4 Å². The highest BCUT2D eigenvalue weighted by Gasteiger charge is 2.22. The molecule has 0 atom stereocenters. The van der Waals surface area contributed by atoms with E-state index in [1.54, 1.807) is 18.5 Å². The van der Waals surface area contributed by atoms with E-state index in [0.717, 1.165) is 18.0 Å². The quantitative estimate of drug-likeness (QED) is 0.684. The van der Waals surface area contributed by atoms with Crippen molar-refractivity contribution >= 4 is 0 Å². The molecule has 0 spiro atoms. The molecule has 1 aliphatic carbocycles. The molecule has 3 aromatic rings. The van der Waals surface area contributed by atoms with E-state index in [1.807, 2.05) is 10.9 Å². The number of nitrogens with zero attached hydrogens (tertiary/aromatic N) is 5. The molecule has 0 amide bonds. The van der Waals surface area contributed by atoms with Gasteiger partial charge in [0.2, 0.25) is 5.89 Å². The van der Waals surface area contributed by atoms with Gasteiger partial charge in [0.15, 0.2) is 0 Å². The SMILES string of the molecule is O=c1cc(-c2nnc(C(F)F)o2)ccn1Cc1cnn(CC2CC2)c1. The largest absolute Gasteiger partial charge is 0.415 e. The molecule has 1 aliphatic rings. The first-order valence-electron chi connectivity index (χ1n) is 7.92. The Kier molecular flexibility index (Phi) is 3.90. The van der Waals surface area contributed by atoms with Gasteiger partial charge >= 0.3 is 6.43 Å². The molecule has 3 aromatic heterocycles. The molecule has 0 radical (unpaired) electrons. The maximum absolute atomic E-state index is 12.5. The van der Waals surface area contributed by atoms with Crippen molar-refractivity contribution in [3.05, 3.63) is 52.5 Å². The van der Waals surface area contributed by atoms with Crippen LogP contribution in [0.15, 0.2) is 39.9 Å². The molecule has 0 bridgehead atoms. The lowest BCUT2D eigenvalue weighted by atomic mass is 10.2. The number of hydrogen-bond acceptors (Lipinski definition) is 5. The number of aromatic nitrogens is 5. The average Bonchev–Trinajstić information content (AvgIpc) is 3.08. The third-order valence-electron chi connectivity index (χ3n) is 4.05. The van der Waals surface area contributed by atoms with Crippen LogP contribution < -0.4 is 5.56 Å². The molecule has 25 heavy (non-hydrogen) atoms. The van der Waals surface area contributed by atoms with Crippen LogP contribution in [0.25, 0.3) is 11.5 Å². The lowest BCUT2D eigenvalue weighted by molar-refractivity contribution is 0.116. The van der Waals surface area contributed by atoms with Crippen LogP contribution >= 0.6 is 0 Å². The van der Waals surface area contributed by atoms with Crippen LogP contribution in [0.3, 0.4) is 0 Å². The molecule has 9 heteroatoms. The van der Waals surface area contributed by atoms with Gasteiger partial charge in [-0.1, -0.05) is 0 Å². The fourth-order valence-electron chi connectivity index (χ4n) is 2.56. The average molecular weight is 347 g/mol. The summed E-state index contributed by atoms with van der Waals surface area (Å²) in [5.41, 5.74) is 0.947. The predicted molar refractivity (Wildman–Crippen MR) is 83.0 cm³/mol. The molecule has 3 heterocycles. The summed E-state index contributed by atoms with van der Waals surface area (Å²) in [6.07, 6.45) is 4.91. The van der Waals surface area contributed by atoms with E-state index >= 15 is 0 Å². The van der Waals surface area contributed by atoms with Gasteiger partial charge < -0.3 is 8.98 Å². The molecule has 0 aromatic carbocycles. The van der Waals surface area contributed by atoms with Gasteiger partial charge in [-0.05, 0) is 24.8 Å². The summed E-state index contributed by atoms with van der Waals surface area (Å²) in [5, 5.41) is 11.1. The van der Waals surface area contributed by atoms with Crippen molar-refractivity contribution in [3.63, 3.8) is 0 Å². The van der Waals surface area contributed by atoms with Gasteiger partial charge in [0.05, 0.1) is 12.7 Å². The molecule has 0 unspecified atom stereocenters. The Bertz CT molecular complexity index is 942. The van der Waals surface area contributed by atoms with Crippen molar-refractivity contribution < 1.29 is 13.2 Å². The Morgan fingerprint density at radius 2 is 2.16 bits per heavy atom. The van der Waals surface area contributed by atoms with Crippen molar-refractivity contribution in [2.75, 3.05) is 0 Å². The molecule has 0 aliphatic heterocycles. The number of hydrogen-bond donors (Lipinski definition) is 0. The topological polar surface area (TPSA) is 78.7 Å². The second-order valence-corrected chi connectivity index (χ2v) is 6.14. The number of halogens is 2. The standard InChI is InChI=1S/C16H15F2N5O2/c17-14(18)16-21-20-15(25-16)12-3-4-22(13(24)5-12)7-11-6-19-23(9-11)8-10-1-2-10/h3-6,9-10,14H,1-2,7-8H2. The smallest absolute Gasteiger partial charge is 0.314 e. The zero-order valence-corrected chi connectivity index (χ0v) is 13.2. The molecular formula is C16H15F2N5O2. The monoisotopic (exact) mass is 347 g/mol. The summed E-state index contributed by atoms with van der Waals surface area (Å²) in [7, 11) is 0. The van der Waals surface area contributed by atoms with Crippen LogP contribution in [0, 0.1) is 5.92 Å². The maximum Gasteiger partial charge on any atom is 0.314 e. The lowest BCUT2D eigenvalue weighted by Gasteiger charge is -2.04. The first-order valence-corrected chi connectivity index (χ1v) is 7.92. The zero-order chi connectivity index (χ0) is 17.4. The summed E-state index contributed by atoms with van der Waals surface area (Å²) in [6, 6.07) is 2.87. The van der Waals surface area contributed by atoms with E-state index in [9.17, 15) is 13.6 Å². The molecule has 1 saturated carbocycles. The van der Waals surface area contributed by atoms with E-state index in [1.165, 1.54) is 23.5 Å². The summed E-state index contributed by atoms with van der Waals surface area (Å²) in [4.78, 5) is 12.3. The van der Waals surface area contributed by atoms with Crippen molar-refractivity contribution in [2.24, 2.45) is 5.92 Å². The number of pyridine rings is 1. The first kappa shape index (κ1) is 15.7. The summed E-state index contributed by atoms with van der Waals surface area (Å²) >= 11 is 0. The predicted octanol–water partition coefficient (Wildman–Crippen LogP) is 2.49. The summed E-state index contributed by atoms with van der Waals surface area (Å²) in [5.74, 6) is -0.138. The highest BCUT2D eigenvalue weighted by Crippen LogP contribution is 2.30. The van der Waals surface area contributed by atoms with E-state index < -0.39 is 12.3 Å². The fourth-order valence-corrected chi connectivity index (χ4v) is 2.56. The third-order valence-corrected chi connectivity index (χ3v) is 4.05. The summed E-state index contributed by atoms with van der Waals surface area (Å²) in [6.45, 7) is 1.30. The van der Waals surface area contributed by atoms with Gasteiger partial charge in [-0.3, -0.25) is 9.48 Å². The lowest BCUT2D eigenvalue weighted by Crippen LogP contribution is -2.19. The van der Waals surface area contributed by atoms with E-state index in [2.05, 4.69) is 15.3 Å². The highest BCUT2D eigenvalue weighted by atomic mass is 19.3. The van der Waals surface area contributed by atoms with E-state index in [-0.39, 0.29) is 11.4 Å². The maximum atomic E-state index is 12.5. The van der Waals surface area contributed by atoms with E-state index in [0.29, 0.717) is 12.1 Å². The molecule has 4 rings (SSSR count). The minimum atomic E-state index is -2.84. The number of alkyl halides is 2. The van der Waals surface area contributed by atoms with Crippen LogP contribution in [0.1, 0.15) is 30.7 Å². The minimum Gasteiger partial charge on any atom is -0.415 e. The Morgan fingerprint density at radius 1 is 1.32 bits per heavy atom. The molecule has 0 saturated heterocycles. The van der Waals surface area contributed by atoms with Crippen LogP contribution in [0.5, 0.6) is 0 Å². The van der Waals surface area contributed by atoms with Crippen LogP contribution in [0.2, 0.25) is 0 Å². The second-order valence-electron chi connectivity index (χ2n) is 6.14. The Balaban J connectivity index is 1.50. The molecule has 7 nitrogen and oxygen atoms in total. The van der Waals surface area contributed by atoms with Crippen molar-refractivity contribution in [3.8, 4) is 11.5 Å². The van der Waals surface area contributed by atoms with Crippen molar-refractivity contribution in [2.45, 2.75) is 32.4 Å². The van der Waals surface area contributed by atoms with Gasteiger partial charge in [-0.15, -0.1) is 10.2 Å². The molecule has 130 valence electrons. The van der Waals surface area contributed by atoms with Crippen LogP contribution in [0.4, 0.5) is 8.78 Å². The Hall–Kier alpha value is -2.84. The fraction of sp³-hybridized carbons (Fsp3) is 0.375. The second kappa shape index (κ2) is 6.23. The van der Waals surface area contributed by atoms with Gasteiger partial charge in [-0.25, -0.2) is 0 Å². The van der Waals surface area contributed by atoms with Crippen LogP contribution in [-0.4, -0.2) is 24.5 Å². The van der Waals surface area contributed by atoms with Gasteiger partial charge in [0.1, 0.15) is 0 Å². The Labute approximate surface area is 140 Å². The molecular weight excluding hydrogens is 332 g/mol. The molecule has 1 fully saturated rings. The summed E-state index contributed by atoms with van der Waals surface area (Å²) < 4.78 is 33.3. The van der Waals surface area contributed by atoms with Crippen molar-refractivity contribution in [1.29, 1.82) is 0 Å². The normalized spacial score (nSPS) is 14.4. The number of rotatable bonds is 6. The highest BCUT2D eigenvalue weighted by molar-refractivity contribution is 5.51. The van der Waals surface area contributed by atoms with E-state index in [4.69, 9.17) is 4.42 Å². The third kappa shape index (κ3) is 3.49. The Morgan fingerprint density at radius 3 is 2.84 bits per heavy atom. The minimum absolute atomic E-state index is 0.100. The van der Waals surface area contributed by atoms with Gasteiger partial charge in [-0.2, -0.15) is 13.9 Å². The van der Waals surface area contributed by atoms with Gasteiger partial charge in [0, 0.05) is 36.1 Å². The first-order chi connectivity index (χ1) is 12.1.